The van der Waals surface area contributed by atoms with E-state index in [1.807, 2.05) is 0 Å². The van der Waals surface area contributed by atoms with Crippen molar-refractivity contribution >= 4 is 51.8 Å². The molecule has 300 valence electrons. The molecule has 0 radical (unpaired) electrons. The van der Waals surface area contributed by atoms with Gasteiger partial charge in [-0.3, -0.25) is 28.8 Å². The fourth-order valence-electron chi connectivity index (χ4n) is 6.14. The topological polar surface area (TPSA) is 232 Å². The Kier molecular flexibility index (Phi) is 14.9. The Hall–Kier alpha value is -5.38. The monoisotopic (exact) mass is 772 g/mol. The van der Waals surface area contributed by atoms with Gasteiger partial charge in [-0.25, -0.2) is 0 Å². The minimum Gasteiger partial charge on any atom is -0.507 e. The lowest BCUT2D eigenvalue weighted by Crippen LogP contribution is -2.60. The van der Waals surface area contributed by atoms with Crippen molar-refractivity contribution in [1.82, 2.24) is 0 Å². The standard InChI is InChI=1S/C39H48O16/c1-6-11-27(43)49-19-26-35(52-28(44)12-7-2)38(54-30(46)14-9-4)39(55-31(47)15-10-5)37(51-26)32-23(42)18-25-33(36(32)53-29(45)13-8-3)34(48)20-16-21(40)22(41)17-24(20)50-25/h16-18,26,35,37-42H,6-15,19H2,1-5H3/t26-,35-,37+,38+,39+/m1/s1. The summed E-state index contributed by atoms with van der Waals surface area (Å²) >= 11 is 0. The fraction of sp³-hybridized carbons (Fsp3) is 0.538. The predicted molar refractivity (Wildman–Crippen MR) is 193 cm³/mol. The second-order valence-corrected chi connectivity index (χ2v) is 13.1. The maximum absolute atomic E-state index is 14.2. The van der Waals surface area contributed by atoms with E-state index in [-0.39, 0.29) is 48.7 Å². The number of carbonyl (C=O) groups excluding carboxylic acids is 5. The number of benzene rings is 2. The molecule has 1 aliphatic heterocycles. The van der Waals surface area contributed by atoms with Crippen molar-refractivity contribution < 1.29 is 72.1 Å². The summed E-state index contributed by atoms with van der Waals surface area (Å²) in [5.41, 5.74) is -1.76. The second-order valence-electron chi connectivity index (χ2n) is 13.1. The molecule has 1 saturated heterocycles. The molecule has 55 heavy (non-hydrogen) atoms. The lowest BCUT2D eigenvalue weighted by molar-refractivity contribution is -0.256. The van der Waals surface area contributed by atoms with Gasteiger partial charge in [-0.1, -0.05) is 34.6 Å². The molecule has 2 heterocycles. The summed E-state index contributed by atoms with van der Waals surface area (Å²) in [6.07, 6.45) is -6.62. The van der Waals surface area contributed by atoms with Gasteiger partial charge in [-0.15, -0.1) is 0 Å². The molecule has 0 bridgehead atoms. The number of carbonyl (C=O) groups is 5. The first-order chi connectivity index (χ1) is 26.3. The Morgan fingerprint density at radius 2 is 1.11 bits per heavy atom. The second kappa shape index (κ2) is 19.3. The summed E-state index contributed by atoms with van der Waals surface area (Å²) in [6.45, 7) is 8.07. The molecule has 0 amide bonds. The third-order valence-corrected chi connectivity index (χ3v) is 8.65. The van der Waals surface area contributed by atoms with Crippen LogP contribution < -0.4 is 10.2 Å². The summed E-state index contributed by atoms with van der Waals surface area (Å²) in [7, 11) is 0. The Bertz CT molecular complexity index is 1950. The Labute approximate surface area is 316 Å². The van der Waals surface area contributed by atoms with Gasteiger partial charge in [0.2, 0.25) is 5.43 Å². The van der Waals surface area contributed by atoms with Gasteiger partial charge in [0, 0.05) is 44.2 Å². The molecule has 3 aromatic rings. The van der Waals surface area contributed by atoms with Crippen molar-refractivity contribution in [1.29, 1.82) is 0 Å². The number of fused-ring (bicyclic) bond motifs is 2. The summed E-state index contributed by atoms with van der Waals surface area (Å²) < 4.78 is 41.2. The van der Waals surface area contributed by atoms with Gasteiger partial charge < -0.3 is 48.2 Å². The Morgan fingerprint density at radius 1 is 0.618 bits per heavy atom. The Balaban J connectivity index is 2.08. The highest BCUT2D eigenvalue weighted by molar-refractivity contribution is 5.97. The first kappa shape index (κ1) is 42.4. The molecule has 0 spiro atoms. The average Bonchev–Trinajstić information content (AvgIpc) is 3.11. The first-order valence-corrected chi connectivity index (χ1v) is 18.6. The number of phenols is 3. The molecular formula is C39H48O16. The van der Waals surface area contributed by atoms with Crippen LogP contribution in [0.25, 0.3) is 21.9 Å². The number of phenolic OH excluding ortho intramolecular Hbond substituents is 3. The first-order valence-electron chi connectivity index (χ1n) is 18.6. The van der Waals surface area contributed by atoms with Crippen LogP contribution >= 0.6 is 0 Å². The predicted octanol–water partition coefficient (Wildman–Crippen LogP) is 5.69. The normalized spacial score (nSPS) is 19.5. The summed E-state index contributed by atoms with van der Waals surface area (Å²) in [5.74, 6) is -6.27. The van der Waals surface area contributed by atoms with E-state index in [0.717, 1.165) is 18.2 Å². The molecule has 4 rings (SSSR count). The molecule has 3 N–H and O–H groups in total. The molecule has 0 saturated carbocycles. The Morgan fingerprint density at radius 3 is 1.69 bits per heavy atom. The highest BCUT2D eigenvalue weighted by Gasteiger charge is 2.54. The van der Waals surface area contributed by atoms with Crippen LogP contribution in [0.1, 0.15) is 110 Å². The van der Waals surface area contributed by atoms with E-state index in [0.29, 0.717) is 32.1 Å². The molecular weight excluding hydrogens is 724 g/mol. The van der Waals surface area contributed by atoms with Crippen LogP contribution in [0.3, 0.4) is 0 Å². The zero-order valence-corrected chi connectivity index (χ0v) is 31.5. The molecule has 1 aromatic heterocycles. The molecule has 2 aromatic carbocycles. The van der Waals surface area contributed by atoms with E-state index in [4.69, 9.17) is 32.8 Å². The van der Waals surface area contributed by atoms with Gasteiger partial charge in [0.15, 0.2) is 35.6 Å². The third kappa shape index (κ3) is 10.0. The van der Waals surface area contributed by atoms with Gasteiger partial charge >= 0.3 is 29.8 Å². The highest BCUT2D eigenvalue weighted by Crippen LogP contribution is 2.48. The smallest absolute Gasteiger partial charge is 0.311 e. The van der Waals surface area contributed by atoms with Gasteiger partial charge in [-0.2, -0.15) is 0 Å². The third-order valence-electron chi connectivity index (χ3n) is 8.65. The maximum Gasteiger partial charge on any atom is 0.311 e. The minimum absolute atomic E-state index is 0.0304. The van der Waals surface area contributed by atoms with Crippen LogP contribution in [0.15, 0.2) is 27.4 Å². The lowest BCUT2D eigenvalue weighted by atomic mass is 9.88. The van der Waals surface area contributed by atoms with E-state index in [1.165, 1.54) is 0 Å². The number of rotatable bonds is 17. The van der Waals surface area contributed by atoms with E-state index in [2.05, 4.69) is 0 Å². The van der Waals surface area contributed by atoms with Crippen LogP contribution in [-0.4, -0.2) is 76.2 Å². The summed E-state index contributed by atoms with van der Waals surface area (Å²) in [6, 6.07) is 2.96. The number of esters is 5. The summed E-state index contributed by atoms with van der Waals surface area (Å²) in [5, 5.41) is 31.5. The van der Waals surface area contributed by atoms with Gasteiger partial charge in [0.1, 0.15) is 41.1 Å². The van der Waals surface area contributed by atoms with Crippen molar-refractivity contribution in [3.8, 4) is 23.0 Å². The van der Waals surface area contributed by atoms with Crippen molar-refractivity contribution in [2.24, 2.45) is 0 Å². The molecule has 16 heteroatoms. The lowest BCUT2D eigenvalue weighted by Gasteiger charge is -2.45. The molecule has 16 nitrogen and oxygen atoms in total. The molecule has 1 fully saturated rings. The largest absolute Gasteiger partial charge is 0.507 e. The quantitative estimate of drug-likeness (QED) is 0.0492. The number of hydrogen-bond donors (Lipinski definition) is 3. The molecule has 0 unspecified atom stereocenters. The fourth-order valence-corrected chi connectivity index (χ4v) is 6.14. The molecule has 1 aliphatic rings. The molecule has 0 aliphatic carbocycles. The van der Waals surface area contributed by atoms with Crippen LogP contribution in [0.5, 0.6) is 23.0 Å². The number of ether oxygens (including phenoxy) is 6. The van der Waals surface area contributed by atoms with Crippen molar-refractivity contribution in [2.75, 3.05) is 6.61 Å². The maximum atomic E-state index is 14.2. The van der Waals surface area contributed by atoms with Crippen LogP contribution in [0.2, 0.25) is 0 Å². The van der Waals surface area contributed by atoms with Crippen LogP contribution in [0, 0.1) is 0 Å². The number of aromatic hydroxyl groups is 3. The van der Waals surface area contributed by atoms with Crippen LogP contribution in [-0.2, 0) is 47.7 Å². The van der Waals surface area contributed by atoms with Gasteiger partial charge in [0.25, 0.3) is 0 Å². The minimum atomic E-state index is -1.74. The van der Waals surface area contributed by atoms with E-state index >= 15 is 0 Å². The van der Waals surface area contributed by atoms with Crippen molar-refractivity contribution in [2.45, 2.75) is 129 Å². The number of hydrogen-bond acceptors (Lipinski definition) is 16. The average molecular weight is 773 g/mol. The van der Waals surface area contributed by atoms with Crippen molar-refractivity contribution in [3.05, 3.63) is 34.0 Å². The molecule has 5 atom stereocenters. The summed E-state index contributed by atoms with van der Waals surface area (Å²) in [4.78, 5) is 79.6. The van der Waals surface area contributed by atoms with Gasteiger partial charge in [-0.05, 0) is 38.2 Å². The van der Waals surface area contributed by atoms with E-state index in [1.54, 1.807) is 34.6 Å². The zero-order valence-electron chi connectivity index (χ0n) is 31.5. The SMILES string of the molecule is CCCC(=O)OC[C@H]1O[C@@H](c2c(O)cc3oc4cc(O)c(O)cc4c(=O)c3c2OC(=O)CCC)[C@H](OC(=O)CCC)[C@@H](OC(=O)CCC)[C@@H]1OC(=O)CCC. The van der Waals surface area contributed by atoms with Crippen molar-refractivity contribution in [3.63, 3.8) is 0 Å². The van der Waals surface area contributed by atoms with E-state index < -0.39 is 106 Å². The highest BCUT2D eigenvalue weighted by atomic mass is 16.7. The zero-order chi connectivity index (χ0) is 40.4. The van der Waals surface area contributed by atoms with E-state index in [9.17, 15) is 44.1 Å². The van der Waals surface area contributed by atoms with Crippen LogP contribution in [0.4, 0.5) is 0 Å². The van der Waals surface area contributed by atoms with Gasteiger partial charge in [0.05, 0.1) is 10.9 Å².